The van der Waals surface area contributed by atoms with Crippen molar-refractivity contribution >= 4 is 39.0 Å². The number of hydrogen-bond donors (Lipinski definition) is 1. The van der Waals surface area contributed by atoms with Crippen LogP contribution < -0.4 is 5.32 Å². The Morgan fingerprint density at radius 3 is 3.00 bits per heavy atom. The number of rotatable bonds is 0. The van der Waals surface area contributed by atoms with Gasteiger partial charge in [-0.2, -0.15) is 0 Å². The standard InChI is InChI=1S/C9H7BrClNO/c10-5-3-6-8(13)1-2-12-9(6)7(11)4-5/h3-4,12H,1-2H2. The monoisotopic (exact) mass is 259 g/mol. The van der Waals surface area contributed by atoms with Crippen LogP contribution in [-0.2, 0) is 0 Å². The van der Waals surface area contributed by atoms with Gasteiger partial charge < -0.3 is 5.32 Å². The van der Waals surface area contributed by atoms with E-state index >= 15 is 0 Å². The van der Waals surface area contributed by atoms with Crippen LogP contribution in [0.5, 0.6) is 0 Å². The van der Waals surface area contributed by atoms with E-state index in [1.54, 1.807) is 12.1 Å². The van der Waals surface area contributed by atoms with E-state index in [-0.39, 0.29) is 5.78 Å². The molecule has 1 aliphatic rings. The number of fused-ring (bicyclic) bond motifs is 1. The van der Waals surface area contributed by atoms with Crippen molar-refractivity contribution in [3.05, 3.63) is 27.2 Å². The predicted molar refractivity (Wildman–Crippen MR) is 56.6 cm³/mol. The van der Waals surface area contributed by atoms with Gasteiger partial charge in [-0.25, -0.2) is 0 Å². The lowest BCUT2D eigenvalue weighted by molar-refractivity contribution is 0.0983. The second kappa shape index (κ2) is 3.31. The molecule has 0 amide bonds. The maximum Gasteiger partial charge on any atom is 0.166 e. The summed E-state index contributed by atoms with van der Waals surface area (Å²) in [5, 5.41) is 3.71. The van der Waals surface area contributed by atoms with Crippen LogP contribution in [0.2, 0.25) is 5.02 Å². The lowest BCUT2D eigenvalue weighted by Gasteiger charge is -2.18. The van der Waals surface area contributed by atoms with Gasteiger partial charge in [-0.15, -0.1) is 0 Å². The van der Waals surface area contributed by atoms with Crippen molar-refractivity contribution in [3.63, 3.8) is 0 Å². The van der Waals surface area contributed by atoms with Crippen molar-refractivity contribution < 1.29 is 4.79 Å². The van der Waals surface area contributed by atoms with E-state index in [9.17, 15) is 4.79 Å². The first-order valence-electron chi connectivity index (χ1n) is 3.94. The molecule has 0 fully saturated rings. The Balaban J connectivity index is 2.63. The Bertz CT molecular complexity index is 378. The molecular formula is C9H7BrClNO. The van der Waals surface area contributed by atoms with Crippen LogP contribution in [0, 0.1) is 0 Å². The van der Waals surface area contributed by atoms with Gasteiger partial charge in [0.15, 0.2) is 5.78 Å². The maximum atomic E-state index is 11.5. The summed E-state index contributed by atoms with van der Waals surface area (Å²) in [6, 6.07) is 3.59. The number of Topliss-reactive ketones (excluding diaryl/α,β-unsaturated/α-hetero) is 1. The van der Waals surface area contributed by atoms with E-state index < -0.39 is 0 Å². The molecular weight excluding hydrogens is 253 g/mol. The molecule has 0 radical (unpaired) electrons. The minimum Gasteiger partial charge on any atom is -0.383 e. The molecule has 0 bridgehead atoms. The molecule has 0 atom stereocenters. The van der Waals surface area contributed by atoms with E-state index in [1.165, 1.54) is 0 Å². The first-order chi connectivity index (χ1) is 6.18. The molecule has 2 rings (SSSR count). The van der Waals surface area contributed by atoms with Crippen LogP contribution in [0.4, 0.5) is 5.69 Å². The van der Waals surface area contributed by atoms with Gasteiger partial charge in [0.1, 0.15) is 0 Å². The number of carbonyl (C=O) groups excluding carboxylic acids is 1. The van der Waals surface area contributed by atoms with Gasteiger partial charge in [-0.3, -0.25) is 4.79 Å². The number of nitrogens with one attached hydrogen (secondary N) is 1. The van der Waals surface area contributed by atoms with Gasteiger partial charge in [0, 0.05) is 23.0 Å². The van der Waals surface area contributed by atoms with Gasteiger partial charge >= 0.3 is 0 Å². The molecule has 13 heavy (non-hydrogen) atoms. The van der Waals surface area contributed by atoms with Gasteiger partial charge in [0.2, 0.25) is 0 Å². The lowest BCUT2D eigenvalue weighted by Crippen LogP contribution is -2.18. The van der Waals surface area contributed by atoms with E-state index in [2.05, 4.69) is 21.2 Å². The van der Waals surface area contributed by atoms with Crippen LogP contribution in [-0.4, -0.2) is 12.3 Å². The van der Waals surface area contributed by atoms with Crippen LogP contribution >= 0.6 is 27.5 Å². The van der Waals surface area contributed by atoms with Gasteiger partial charge in [-0.05, 0) is 12.1 Å². The summed E-state index contributed by atoms with van der Waals surface area (Å²) in [4.78, 5) is 11.5. The Kier molecular flexibility index (Phi) is 2.30. The quantitative estimate of drug-likeness (QED) is 0.776. The molecule has 4 heteroatoms. The summed E-state index contributed by atoms with van der Waals surface area (Å²) in [6.45, 7) is 0.674. The summed E-state index contributed by atoms with van der Waals surface area (Å²) < 4.78 is 0.841. The third kappa shape index (κ3) is 1.58. The first-order valence-corrected chi connectivity index (χ1v) is 5.11. The second-order valence-electron chi connectivity index (χ2n) is 2.91. The van der Waals surface area contributed by atoms with Crippen LogP contribution in [0.1, 0.15) is 16.8 Å². The minimum atomic E-state index is 0.150. The van der Waals surface area contributed by atoms with Gasteiger partial charge in [-0.1, -0.05) is 27.5 Å². The Morgan fingerprint density at radius 1 is 1.46 bits per heavy atom. The number of hydrogen-bond acceptors (Lipinski definition) is 2. The molecule has 1 heterocycles. The summed E-state index contributed by atoms with van der Waals surface area (Å²) >= 11 is 9.27. The SMILES string of the molecule is O=C1CCNc2c(Cl)cc(Br)cc21. The first kappa shape index (κ1) is 9.03. The molecule has 0 unspecified atom stereocenters. The zero-order valence-corrected chi connectivity index (χ0v) is 9.08. The Labute approximate surface area is 89.4 Å². The number of benzene rings is 1. The number of anilines is 1. The normalized spacial score (nSPS) is 15.1. The third-order valence-corrected chi connectivity index (χ3v) is 2.77. The fourth-order valence-electron chi connectivity index (χ4n) is 1.41. The summed E-state index contributed by atoms with van der Waals surface area (Å²) in [6.07, 6.45) is 0.541. The molecule has 1 N–H and O–H groups in total. The fourth-order valence-corrected chi connectivity index (χ4v) is 2.28. The highest BCUT2D eigenvalue weighted by atomic mass is 79.9. The highest BCUT2D eigenvalue weighted by molar-refractivity contribution is 9.10. The Morgan fingerprint density at radius 2 is 2.23 bits per heavy atom. The molecule has 0 saturated heterocycles. The molecule has 2 nitrogen and oxygen atoms in total. The number of carbonyl (C=O) groups is 1. The van der Waals surface area contributed by atoms with E-state index in [1.807, 2.05) is 0 Å². The Hall–Kier alpha value is -0.540. The summed E-state index contributed by atoms with van der Waals surface area (Å²) in [5.74, 6) is 0.150. The summed E-state index contributed by atoms with van der Waals surface area (Å²) in [5.41, 5.74) is 1.45. The molecule has 0 aliphatic carbocycles. The zero-order chi connectivity index (χ0) is 9.42. The van der Waals surface area contributed by atoms with Crippen molar-refractivity contribution in [3.8, 4) is 0 Å². The van der Waals surface area contributed by atoms with Crippen LogP contribution in [0.25, 0.3) is 0 Å². The number of halogens is 2. The van der Waals surface area contributed by atoms with Crippen molar-refractivity contribution in [1.29, 1.82) is 0 Å². The van der Waals surface area contributed by atoms with Gasteiger partial charge in [0.05, 0.1) is 10.7 Å². The van der Waals surface area contributed by atoms with E-state index in [0.29, 0.717) is 23.6 Å². The minimum absolute atomic E-state index is 0.150. The molecule has 0 saturated carbocycles. The van der Waals surface area contributed by atoms with Crippen molar-refractivity contribution in [2.45, 2.75) is 6.42 Å². The largest absolute Gasteiger partial charge is 0.383 e. The maximum absolute atomic E-state index is 11.5. The van der Waals surface area contributed by atoms with Crippen molar-refractivity contribution in [1.82, 2.24) is 0 Å². The third-order valence-electron chi connectivity index (χ3n) is 2.01. The molecule has 68 valence electrons. The lowest BCUT2D eigenvalue weighted by atomic mass is 10.0. The zero-order valence-electron chi connectivity index (χ0n) is 6.73. The topological polar surface area (TPSA) is 29.1 Å². The highest BCUT2D eigenvalue weighted by Gasteiger charge is 2.19. The molecule has 1 aromatic rings. The highest BCUT2D eigenvalue weighted by Crippen LogP contribution is 2.33. The average molecular weight is 261 g/mol. The molecule has 0 spiro atoms. The summed E-state index contributed by atoms with van der Waals surface area (Å²) in [7, 11) is 0. The van der Waals surface area contributed by atoms with Crippen molar-refractivity contribution in [2.75, 3.05) is 11.9 Å². The van der Waals surface area contributed by atoms with Crippen LogP contribution in [0.3, 0.4) is 0 Å². The molecule has 0 aromatic heterocycles. The number of ketones is 1. The molecule has 1 aliphatic heterocycles. The fraction of sp³-hybridized carbons (Fsp3) is 0.222. The van der Waals surface area contributed by atoms with Crippen LogP contribution in [0.15, 0.2) is 16.6 Å². The van der Waals surface area contributed by atoms with E-state index in [0.717, 1.165) is 10.2 Å². The average Bonchev–Trinajstić information content (AvgIpc) is 2.07. The predicted octanol–water partition coefficient (Wildman–Crippen LogP) is 3.10. The van der Waals surface area contributed by atoms with E-state index in [4.69, 9.17) is 11.6 Å². The second-order valence-corrected chi connectivity index (χ2v) is 4.23. The van der Waals surface area contributed by atoms with Crippen molar-refractivity contribution in [2.24, 2.45) is 0 Å². The van der Waals surface area contributed by atoms with Gasteiger partial charge in [0.25, 0.3) is 0 Å². The smallest absolute Gasteiger partial charge is 0.166 e. The molecule has 1 aromatic carbocycles.